The Bertz CT molecular complexity index is 915. The van der Waals surface area contributed by atoms with E-state index in [1.54, 1.807) is 24.0 Å². The molecule has 0 saturated carbocycles. The van der Waals surface area contributed by atoms with Crippen molar-refractivity contribution in [2.45, 2.75) is 19.3 Å². The van der Waals surface area contributed by atoms with Gasteiger partial charge in [0.1, 0.15) is 5.76 Å². The smallest absolute Gasteiger partial charge is 0.227 e. The number of carbonyl (C=O) groups excluding carboxylic acids is 1. The Morgan fingerprint density at radius 1 is 1.25 bits per heavy atom. The third-order valence-electron chi connectivity index (χ3n) is 4.74. The predicted molar refractivity (Wildman–Crippen MR) is 99.9 cm³/mol. The first-order valence-corrected chi connectivity index (χ1v) is 8.96. The Morgan fingerprint density at radius 3 is 2.64 bits per heavy atom. The van der Waals surface area contributed by atoms with Gasteiger partial charge < -0.3 is 29.0 Å². The molecule has 1 aliphatic rings. The summed E-state index contributed by atoms with van der Waals surface area (Å²) < 4.78 is 16.1. The minimum absolute atomic E-state index is 0.0133. The number of morpholine rings is 1. The highest BCUT2D eigenvalue weighted by Gasteiger charge is 2.29. The molecule has 1 aromatic carbocycles. The molecule has 0 bridgehead atoms. The van der Waals surface area contributed by atoms with E-state index in [-0.39, 0.29) is 29.6 Å². The minimum Gasteiger partial charge on any atom is -0.504 e. The second kappa shape index (κ2) is 8.35. The Morgan fingerprint density at radius 2 is 1.96 bits per heavy atom. The molecule has 2 heterocycles. The van der Waals surface area contributed by atoms with Crippen LogP contribution in [-0.4, -0.2) is 54.4 Å². The fraction of sp³-hybridized carbons (Fsp3) is 0.400. The molecule has 8 nitrogen and oxygen atoms in total. The number of hydrogen-bond acceptors (Lipinski definition) is 7. The van der Waals surface area contributed by atoms with Gasteiger partial charge in [0, 0.05) is 25.6 Å². The molecule has 1 amide bonds. The van der Waals surface area contributed by atoms with E-state index < -0.39 is 17.1 Å². The van der Waals surface area contributed by atoms with Crippen LogP contribution in [0, 0.1) is 6.92 Å². The van der Waals surface area contributed by atoms with E-state index in [1.807, 2.05) is 0 Å². The summed E-state index contributed by atoms with van der Waals surface area (Å²) in [5, 5.41) is 20.2. The molecule has 1 aliphatic heterocycles. The first-order chi connectivity index (χ1) is 13.4. The lowest BCUT2D eigenvalue weighted by atomic mass is 9.91. The van der Waals surface area contributed by atoms with Gasteiger partial charge in [-0.25, -0.2) is 0 Å². The van der Waals surface area contributed by atoms with E-state index in [0.29, 0.717) is 37.6 Å². The van der Waals surface area contributed by atoms with Crippen molar-refractivity contribution in [2.24, 2.45) is 0 Å². The van der Waals surface area contributed by atoms with Crippen LogP contribution in [0.25, 0.3) is 0 Å². The monoisotopic (exact) mass is 389 g/mol. The summed E-state index contributed by atoms with van der Waals surface area (Å²) in [4.78, 5) is 26.6. The summed E-state index contributed by atoms with van der Waals surface area (Å²) in [6, 6.07) is 5.80. The SMILES string of the molecule is COc1cc([C@H](CC(=O)N2CCOCC2)c2oc(C)cc(=O)c2O)ccc1O. The van der Waals surface area contributed by atoms with Crippen molar-refractivity contribution >= 4 is 5.91 Å². The number of benzene rings is 1. The lowest BCUT2D eigenvalue weighted by molar-refractivity contribution is -0.135. The van der Waals surface area contributed by atoms with E-state index in [4.69, 9.17) is 13.9 Å². The summed E-state index contributed by atoms with van der Waals surface area (Å²) in [5.41, 5.74) is -0.00590. The zero-order valence-electron chi connectivity index (χ0n) is 15.8. The maximum atomic E-state index is 12.8. The topological polar surface area (TPSA) is 109 Å². The van der Waals surface area contributed by atoms with Crippen molar-refractivity contribution in [1.29, 1.82) is 0 Å². The predicted octanol–water partition coefficient (Wildman–Crippen LogP) is 1.75. The maximum absolute atomic E-state index is 12.8. The van der Waals surface area contributed by atoms with E-state index in [0.717, 1.165) is 0 Å². The van der Waals surface area contributed by atoms with Crippen LogP contribution in [0.5, 0.6) is 17.2 Å². The highest BCUT2D eigenvalue weighted by atomic mass is 16.5. The number of rotatable bonds is 5. The number of aryl methyl sites for hydroxylation is 1. The standard InChI is InChI=1S/C20H23NO7/c1-12-9-16(23)19(25)20(28-12)14(11-18(24)21-5-7-27-8-6-21)13-3-4-15(22)17(10-13)26-2/h3-4,9-10,14,22,25H,5-8,11H2,1-2H3/t14-/m0/s1. The molecule has 1 aromatic heterocycles. The van der Waals surface area contributed by atoms with Gasteiger partial charge in [0.2, 0.25) is 17.1 Å². The van der Waals surface area contributed by atoms with Gasteiger partial charge in [0.15, 0.2) is 17.3 Å². The number of phenols is 1. The summed E-state index contributed by atoms with van der Waals surface area (Å²) in [6.07, 6.45) is -0.0200. The lowest BCUT2D eigenvalue weighted by Gasteiger charge is -2.28. The number of aromatic hydroxyl groups is 2. The molecule has 1 saturated heterocycles. The molecule has 0 radical (unpaired) electrons. The van der Waals surface area contributed by atoms with Crippen molar-refractivity contribution in [3.63, 3.8) is 0 Å². The Balaban J connectivity index is 2.03. The molecule has 0 unspecified atom stereocenters. The van der Waals surface area contributed by atoms with Gasteiger partial charge in [-0.3, -0.25) is 9.59 Å². The van der Waals surface area contributed by atoms with Gasteiger partial charge in [0.25, 0.3) is 0 Å². The molecule has 1 atom stereocenters. The second-order valence-corrected chi connectivity index (χ2v) is 6.62. The summed E-state index contributed by atoms with van der Waals surface area (Å²) in [5.74, 6) is -0.902. The molecule has 28 heavy (non-hydrogen) atoms. The average molecular weight is 389 g/mol. The Kier molecular flexibility index (Phi) is 5.89. The zero-order valence-corrected chi connectivity index (χ0v) is 15.8. The van der Waals surface area contributed by atoms with Crippen LogP contribution in [-0.2, 0) is 9.53 Å². The number of amides is 1. The first-order valence-electron chi connectivity index (χ1n) is 8.96. The van der Waals surface area contributed by atoms with Crippen molar-refractivity contribution in [3.8, 4) is 17.2 Å². The van der Waals surface area contributed by atoms with Crippen LogP contribution in [0.2, 0.25) is 0 Å². The zero-order chi connectivity index (χ0) is 20.3. The number of carbonyl (C=O) groups is 1. The van der Waals surface area contributed by atoms with E-state index >= 15 is 0 Å². The molecule has 8 heteroatoms. The second-order valence-electron chi connectivity index (χ2n) is 6.62. The lowest BCUT2D eigenvalue weighted by Crippen LogP contribution is -2.41. The van der Waals surface area contributed by atoms with Crippen LogP contribution >= 0.6 is 0 Å². The third kappa shape index (κ3) is 4.12. The third-order valence-corrected chi connectivity index (χ3v) is 4.74. The number of phenolic OH excluding ortho intramolecular Hbond substituents is 1. The van der Waals surface area contributed by atoms with Crippen molar-refractivity contribution in [1.82, 2.24) is 4.90 Å². The van der Waals surface area contributed by atoms with E-state index in [2.05, 4.69) is 0 Å². The number of hydrogen-bond donors (Lipinski definition) is 2. The molecule has 150 valence electrons. The van der Waals surface area contributed by atoms with Crippen LogP contribution in [0.15, 0.2) is 33.5 Å². The van der Waals surface area contributed by atoms with Crippen molar-refractivity contribution in [3.05, 3.63) is 51.6 Å². The Labute approximate surface area is 161 Å². The van der Waals surface area contributed by atoms with Crippen LogP contribution in [0.1, 0.15) is 29.4 Å². The fourth-order valence-electron chi connectivity index (χ4n) is 3.25. The van der Waals surface area contributed by atoms with Gasteiger partial charge in [-0.15, -0.1) is 0 Å². The van der Waals surface area contributed by atoms with Crippen LogP contribution < -0.4 is 10.2 Å². The quantitative estimate of drug-likeness (QED) is 0.802. The van der Waals surface area contributed by atoms with Gasteiger partial charge in [-0.1, -0.05) is 6.07 Å². The molecular formula is C20H23NO7. The highest BCUT2D eigenvalue weighted by Crippen LogP contribution is 2.37. The van der Waals surface area contributed by atoms with Crippen molar-refractivity contribution < 1.29 is 28.9 Å². The molecule has 1 fully saturated rings. The number of nitrogens with zero attached hydrogens (tertiary/aromatic N) is 1. The Hall–Kier alpha value is -3.00. The fourth-order valence-corrected chi connectivity index (χ4v) is 3.25. The van der Waals surface area contributed by atoms with Gasteiger partial charge >= 0.3 is 0 Å². The maximum Gasteiger partial charge on any atom is 0.227 e. The van der Waals surface area contributed by atoms with Crippen LogP contribution in [0.4, 0.5) is 0 Å². The first kappa shape index (κ1) is 19.8. The van der Waals surface area contributed by atoms with E-state index in [1.165, 1.54) is 19.2 Å². The summed E-state index contributed by atoms with van der Waals surface area (Å²) >= 11 is 0. The number of ether oxygens (including phenoxy) is 2. The van der Waals surface area contributed by atoms with E-state index in [9.17, 15) is 19.8 Å². The summed E-state index contributed by atoms with van der Waals surface area (Å²) in [7, 11) is 1.41. The summed E-state index contributed by atoms with van der Waals surface area (Å²) in [6.45, 7) is 3.49. The highest BCUT2D eigenvalue weighted by molar-refractivity contribution is 5.78. The minimum atomic E-state index is -0.725. The normalized spacial score (nSPS) is 15.3. The van der Waals surface area contributed by atoms with Gasteiger partial charge in [-0.2, -0.15) is 0 Å². The van der Waals surface area contributed by atoms with Crippen LogP contribution in [0.3, 0.4) is 0 Å². The average Bonchev–Trinajstić information content (AvgIpc) is 2.70. The molecule has 2 N–H and O–H groups in total. The molecule has 3 rings (SSSR count). The molecular weight excluding hydrogens is 366 g/mol. The van der Waals surface area contributed by atoms with Gasteiger partial charge in [-0.05, 0) is 24.6 Å². The molecule has 0 aliphatic carbocycles. The molecule has 0 spiro atoms. The molecule has 2 aromatic rings. The van der Waals surface area contributed by atoms with Gasteiger partial charge in [0.05, 0.1) is 26.2 Å². The number of methoxy groups -OCH3 is 1. The van der Waals surface area contributed by atoms with Crippen molar-refractivity contribution in [2.75, 3.05) is 33.4 Å². The largest absolute Gasteiger partial charge is 0.504 e.